The Morgan fingerprint density at radius 1 is 1.39 bits per heavy atom. The second-order valence-corrected chi connectivity index (χ2v) is 5.33. The number of thioether (sulfide) groups is 1. The fourth-order valence-corrected chi connectivity index (χ4v) is 2.57. The van der Waals surface area contributed by atoms with E-state index in [2.05, 4.69) is 28.3 Å². The van der Waals surface area contributed by atoms with Crippen LogP contribution in [-0.4, -0.2) is 22.3 Å². The van der Waals surface area contributed by atoms with E-state index >= 15 is 0 Å². The van der Waals surface area contributed by atoms with Crippen LogP contribution in [0, 0.1) is 0 Å². The summed E-state index contributed by atoms with van der Waals surface area (Å²) in [6.07, 6.45) is 9.29. The molecule has 4 nitrogen and oxygen atoms in total. The van der Waals surface area contributed by atoms with E-state index in [0.29, 0.717) is 17.0 Å². The Morgan fingerprint density at radius 2 is 2.22 bits per heavy atom. The summed E-state index contributed by atoms with van der Waals surface area (Å²) in [4.78, 5) is 8.57. The third kappa shape index (κ3) is 3.38. The van der Waals surface area contributed by atoms with Gasteiger partial charge in [-0.3, -0.25) is 0 Å². The first-order valence-electron chi connectivity index (χ1n) is 6.33. The van der Waals surface area contributed by atoms with Crippen molar-refractivity contribution in [3.05, 3.63) is 17.7 Å². The minimum atomic E-state index is 0.314. The van der Waals surface area contributed by atoms with Crippen molar-refractivity contribution >= 4 is 23.4 Å². The molecule has 2 rings (SSSR count). The summed E-state index contributed by atoms with van der Waals surface area (Å²) in [5, 5.41) is 4.12. The predicted octanol–water partition coefficient (Wildman–Crippen LogP) is 3.08. The molecule has 1 aliphatic rings. The number of hydrogen-bond acceptors (Lipinski definition) is 5. The Bertz CT molecular complexity index is 445. The molecule has 0 spiro atoms. The number of anilines is 2. The van der Waals surface area contributed by atoms with Crippen LogP contribution >= 0.6 is 11.8 Å². The van der Waals surface area contributed by atoms with Gasteiger partial charge in [0.2, 0.25) is 0 Å². The minimum absolute atomic E-state index is 0.314. The first-order chi connectivity index (χ1) is 8.69. The molecule has 0 fully saturated rings. The van der Waals surface area contributed by atoms with E-state index in [1.807, 2.05) is 6.26 Å². The van der Waals surface area contributed by atoms with Crippen molar-refractivity contribution in [2.75, 3.05) is 17.3 Å². The van der Waals surface area contributed by atoms with Crippen LogP contribution in [0.3, 0.4) is 0 Å². The Labute approximate surface area is 112 Å². The summed E-state index contributed by atoms with van der Waals surface area (Å²) in [5.74, 6) is 1.33. The molecule has 0 bridgehead atoms. The van der Waals surface area contributed by atoms with Gasteiger partial charge in [0.1, 0.15) is 11.6 Å². The molecule has 1 atom stereocenters. The molecule has 5 heteroatoms. The third-order valence-electron chi connectivity index (χ3n) is 3.15. The Hall–Kier alpha value is -1.23. The van der Waals surface area contributed by atoms with Gasteiger partial charge in [0, 0.05) is 12.1 Å². The monoisotopic (exact) mass is 264 g/mol. The molecule has 0 amide bonds. The largest absolute Gasteiger partial charge is 0.383 e. The van der Waals surface area contributed by atoms with Crippen LogP contribution in [0.1, 0.15) is 32.6 Å². The minimum Gasteiger partial charge on any atom is -0.383 e. The molecule has 0 saturated carbocycles. The number of nitrogen functional groups attached to an aromatic ring is 1. The van der Waals surface area contributed by atoms with Crippen molar-refractivity contribution in [1.82, 2.24) is 9.97 Å². The van der Waals surface area contributed by atoms with Crippen LogP contribution in [0.15, 0.2) is 22.9 Å². The molecule has 0 saturated heterocycles. The van der Waals surface area contributed by atoms with E-state index in [4.69, 9.17) is 5.73 Å². The van der Waals surface area contributed by atoms with Gasteiger partial charge in [0.25, 0.3) is 0 Å². The molecule has 1 aliphatic carbocycles. The van der Waals surface area contributed by atoms with Crippen LogP contribution in [0.25, 0.3) is 0 Å². The fourth-order valence-electron chi connectivity index (χ4n) is 2.18. The van der Waals surface area contributed by atoms with Crippen molar-refractivity contribution < 1.29 is 0 Å². The maximum Gasteiger partial charge on any atom is 0.191 e. The standard InChI is InChI=1S/C13H20N4S/c1-9(10-6-4-3-5-7-10)15-12-8-11(14)16-13(17-12)18-2/h6,8-9H,3-5,7H2,1-2H3,(H3,14,15,16,17). The predicted molar refractivity (Wildman–Crippen MR) is 77.9 cm³/mol. The molecule has 3 N–H and O–H groups in total. The summed E-state index contributed by atoms with van der Waals surface area (Å²) in [6, 6.07) is 2.11. The number of nitrogens with one attached hydrogen (secondary N) is 1. The molecule has 1 aromatic heterocycles. The zero-order chi connectivity index (χ0) is 13.0. The number of rotatable bonds is 4. The molecule has 1 unspecified atom stereocenters. The van der Waals surface area contributed by atoms with Crippen molar-refractivity contribution in [3.63, 3.8) is 0 Å². The highest BCUT2D eigenvalue weighted by Gasteiger charge is 2.12. The zero-order valence-corrected chi connectivity index (χ0v) is 11.8. The summed E-state index contributed by atoms with van der Waals surface area (Å²) < 4.78 is 0. The normalized spacial score (nSPS) is 17.1. The molecular formula is C13H20N4S. The van der Waals surface area contributed by atoms with Gasteiger partial charge in [-0.25, -0.2) is 9.97 Å². The molecule has 1 aromatic rings. The van der Waals surface area contributed by atoms with E-state index in [1.165, 1.54) is 43.0 Å². The first-order valence-corrected chi connectivity index (χ1v) is 7.55. The second kappa shape index (κ2) is 6.09. The van der Waals surface area contributed by atoms with E-state index < -0.39 is 0 Å². The third-order valence-corrected chi connectivity index (χ3v) is 3.70. The lowest BCUT2D eigenvalue weighted by atomic mass is 9.95. The topological polar surface area (TPSA) is 63.8 Å². The van der Waals surface area contributed by atoms with Gasteiger partial charge in [-0.2, -0.15) is 0 Å². The average molecular weight is 264 g/mol. The molecule has 18 heavy (non-hydrogen) atoms. The second-order valence-electron chi connectivity index (χ2n) is 4.56. The highest BCUT2D eigenvalue weighted by atomic mass is 32.2. The smallest absolute Gasteiger partial charge is 0.191 e. The summed E-state index contributed by atoms with van der Waals surface area (Å²) in [7, 11) is 0. The first kappa shape index (κ1) is 13.2. The van der Waals surface area contributed by atoms with Gasteiger partial charge in [-0.15, -0.1) is 0 Å². The highest BCUT2D eigenvalue weighted by molar-refractivity contribution is 7.98. The summed E-state index contributed by atoms with van der Waals surface area (Å²) in [6.45, 7) is 2.17. The summed E-state index contributed by atoms with van der Waals surface area (Å²) in [5.41, 5.74) is 7.25. The SMILES string of the molecule is CSc1nc(N)cc(NC(C)C2=CCCCC2)n1. The number of nitrogens with zero attached hydrogens (tertiary/aromatic N) is 2. The van der Waals surface area contributed by atoms with Gasteiger partial charge < -0.3 is 11.1 Å². The van der Waals surface area contributed by atoms with Crippen LogP contribution in [0.2, 0.25) is 0 Å². The van der Waals surface area contributed by atoms with Gasteiger partial charge in [-0.05, 0) is 38.9 Å². The Kier molecular flexibility index (Phi) is 4.47. The number of hydrogen-bond donors (Lipinski definition) is 2. The number of nitrogens with two attached hydrogens (primary N) is 1. The number of aromatic nitrogens is 2. The van der Waals surface area contributed by atoms with E-state index in [9.17, 15) is 0 Å². The van der Waals surface area contributed by atoms with Gasteiger partial charge in [-0.1, -0.05) is 23.4 Å². The Morgan fingerprint density at radius 3 is 2.89 bits per heavy atom. The quantitative estimate of drug-likeness (QED) is 0.497. The van der Waals surface area contributed by atoms with Gasteiger partial charge in [0.15, 0.2) is 5.16 Å². The average Bonchev–Trinajstić information content (AvgIpc) is 2.39. The van der Waals surface area contributed by atoms with Crippen LogP contribution in [0.4, 0.5) is 11.6 Å². The summed E-state index contributed by atoms with van der Waals surface area (Å²) >= 11 is 1.50. The van der Waals surface area contributed by atoms with E-state index in [0.717, 1.165) is 5.82 Å². The molecule has 98 valence electrons. The molecular weight excluding hydrogens is 244 g/mol. The molecule has 1 heterocycles. The zero-order valence-electron chi connectivity index (χ0n) is 10.9. The molecule has 0 radical (unpaired) electrons. The van der Waals surface area contributed by atoms with Crippen molar-refractivity contribution in [1.29, 1.82) is 0 Å². The Balaban J connectivity index is 2.08. The van der Waals surface area contributed by atoms with Gasteiger partial charge >= 0.3 is 0 Å². The van der Waals surface area contributed by atoms with E-state index in [-0.39, 0.29) is 0 Å². The fraction of sp³-hybridized carbons (Fsp3) is 0.538. The van der Waals surface area contributed by atoms with Crippen molar-refractivity contribution in [3.8, 4) is 0 Å². The van der Waals surface area contributed by atoms with Crippen molar-refractivity contribution in [2.24, 2.45) is 0 Å². The number of allylic oxidation sites excluding steroid dienone is 1. The molecule has 0 aromatic carbocycles. The van der Waals surface area contributed by atoms with Crippen molar-refractivity contribution in [2.45, 2.75) is 43.8 Å². The lowest BCUT2D eigenvalue weighted by Crippen LogP contribution is -2.20. The van der Waals surface area contributed by atoms with Crippen LogP contribution < -0.4 is 11.1 Å². The highest BCUT2D eigenvalue weighted by Crippen LogP contribution is 2.23. The lowest BCUT2D eigenvalue weighted by molar-refractivity contribution is 0.664. The van der Waals surface area contributed by atoms with Crippen LogP contribution in [0.5, 0.6) is 0 Å². The lowest BCUT2D eigenvalue weighted by Gasteiger charge is -2.21. The van der Waals surface area contributed by atoms with Gasteiger partial charge in [0.05, 0.1) is 0 Å². The van der Waals surface area contributed by atoms with E-state index in [1.54, 1.807) is 6.07 Å². The maximum absolute atomic E-state index is 5.77. The molecule has 0 aliphatic heterocycles. The maximum atomic E-state index is 5.77. The van der Waals surface area contributed by atoms with Crippen LogP contribution in [-0.2, 0) is 0 Å².